The van der Waals surface area contributed by atoms with Gasteiger partial charge in [0, 0.05) is 43.7 Å². The first-order chi connectivity index (χ1) is 11.7. The predicted molar refractivity (Wildman–Crippen MR) is 95.4 cm³/mol. The zero-order valence-electron chi connectivity index (χ0n) is 14.2. The van der Waals surface area contributed by atoms with Crippen LogP contribution in [0.3, 0.4) is 0 Å². The predicted octanol–water partition coefficient (Wildman–Crippen LogP) is 2.35. The number of methoxy groups -OCH3 is 1. The van der Waals surface area contributed by atoms with E-state index in [1.807, 2.05) is 36.1 Å². The highest BCUT2D eigenvalue weighted by molar-refractivity contribution is 7.09. The third-order valence-electron chi connectivity index (χ3n) is 4.31. The quantitative estimate of drug-likeness (QED) is 0.834. The highest BCUT2D eigenvalue weighted by Gasteiger charge is 2.22. The van der Waals surface area contributed by atoms with Crippen molar-refractivity contribution in [3.8, 4) is 5.75 Å². The molecule has 1 fully saturated rings. The largest absolute Gasteiger partial charge is 0.496 e. The fraction of sp³-hybridized carbons (Fsp3) is 0.444. The Bertz CT molecular complexity index is 693. The molecule has 0 N–H and O–H groups in total. The second-order valence-electron chi connectivity index (χ2n) is 6.00. The number of nitrogens with zero attached hydrogens (tertiary/aromatic N) is 3. The minimum absolute atomic E-state index is 0.170. The molecule has 6 heteroatoms. The number of thiazole rings is 1. The lowest BCUT2D eigenvalue weighted by Crippen LogP contribution is -2.48. The van der Waals surface area contributed by atoms with Gasteiger partial charge in [-0.05, 0) is 13.0 Å². The highest BCUT2D eigenvalue weighted by Crippen LogP contribution is 2.19. The maximum absolute atomic E-state index is 12.5. The zero-order valence-corrected chi connectivity index (χ0v) is 15.0. The van der Waals surface area contributed by atoms with Gasteiger partial charge in [0.2, 0.25) is 5.91 Å². The first-order valence-corrected chi connectivity index (χ1v) is 9.06. The fourth-order valence-electron chi connectivity index (χ4n) is 2.99. The van der Waals surface area contributed by atoms with E-state index in [-0.39, 0.29) is 5.91 Å². The third kappa shape index (κ3) is 4.13. The number of amides is 1. The molecule has 5 nitrogen and oxygen atoms in total. The smallest absolute Gasteiger partial charge is 0.227 e. The SMILES string of the molecule is COc1ccccc1CC(=O)N1CCN(Cc2csc(C)n2)CC1. The Morgan fingerprint density at radius 1 is 1.25 bits per heavy atom. The van der Waals surface area contributed by atoms with Gasteiger partial charge in [0.1, 0.15) is 5.75 Å². The van der Waals surface area contributed by atoms with Crippen molar-refractivity contribution >= 4 is 17.2 Å². The summed E-state index contributed by atoms with van der Waals surface area (Å²) in [6.45, 7) is 6.25. The van der Waals surface area contributed by atoms with E-state index >= 15 is 0 Å². The van der Waals surface area contributed by atoms with Crippen molar-refractivity contribution in [2.45, 2.75) is 19.9 Å². The molecule has 1 aliphatic rings. The Labute approximate surface area is 146 Å². The number of carbonyl (C=O) groups excluding carboxylic acids is 1. The van der Waals surface area contributed by atoms with Crippen LogP contribution in [0.5, 0.6) is 5.75 Å². The van der Waals surface area contributed by atoms with Crippen molar-refractivity contribution in [1.29, 1.82) is 0 Å². The maximum atomic E-state index is 12.5. The molecule has 2 aromatic rings. The molecule has 3 rings (SSSR count). The minimum Gasteiger partial charge on any atom is -0.496 e. The molecule has 0 aliphatic carbocycles. The monoisotopic (exact) mass is 345 g/mol. The van der Waals surface area contributed by atoms with Gasteiger partial charge < -0.3 is 9.64 Å². The Hall–Kier alpha value is -1.92. The molecule has 0 spiro atoms. The Kier molecular flexibility index (Phi) is 5.48. The van der Waals surface area contributed by atoms with Gasteiger partial charge in [-0.25, -0.2) is 4.98 Å². The van der Waals surface area contributed by atoms with Gasteiger partial charge in [0.05, 0.1) is 24.2 Å². The van der Waals surface area contributed by atoms with Gasteiger partial charge >= 0.3 is 0 Å². The topological polar surface area (TPSA) is 45.7 Å². The van der Waals surface area contributed by atoms with E-state index in [1.165, 1.54) is 0 Å². The summed E-state index contributed by atoms with van der Waals surface area (Å²) in [5, 5.41) is 3.23. The lowest BCUT2D eigenvalue weighted by molar-refractivity contribution is -0.132. The molecule has 0 saturated carbocycles. The van der Waals surface area contributed by atoms with Gasteiger partial charge in [-0.2, -0.15) is 0 Å². The molecule has 128 valence electrons. The summed E-state index contributed by atoms with van der Waals surface area (Å²) in [5.41, 5.74) is 2.08. The Balaban J connectivity index is 1.51. The molecular formula is C18H23N3O2S. The van der Waals surface area contributed by atoms with E-state index < -0.39 is 0 Å². The Morgan fingerprint density at radius 2 is 2.00 bits per heavy atom. The van der Waals surface area contributed by atoms with Crippen LogP contribution >= 0.6 is 11.3 Å². The molecular weight excluding hydrogens is 322 g/mol. The molecule has 1 aromatic heterocycles. The van der Waals surface area contributed by atoms with Crippen molar-refractivity contribution < 1.29 is 9.53 Å². The second-order valence-corrected chi connectivity index (χ2v) is 7.07. The van der Waals surface area contributed by atoms with Crippen LogP contribution in [0, 0.1) is 6.92 Å². The lowest BCUT2D eigenvalue weighted by atomic mass is 10.1. The average molecular weight is 345 g/mol. The molecule has 1 amide bonds. The highest BCUT2D eigenvalue weighted by atomic mass is 32.1. The van der Waals surface area contributed by atoms with Crippen LogP contribution in [-0.4, -0.2) is 54.0 Å². The summed E-state index contributed by atoms with van der Waals surface area (Å²) >= 11 is 1.69. The number of rotatable bonds is 5. The van der Waals surface area contributed by atoms with Crippen LogP contribution in [0.25, 0.3) is 0 Å². The van der Waals surface area contributed by atoms with E-state index in [9.17, 15) is 4.79 Å². The summed E-state index contributed by atoms with van der Waals surface area (Å²) in [4.78, 5) is 21.4. The van der Waals surface area contributed by atoms with Gasteiger partial charge in [0.15, 0.2) is 0 Å². The molecule has 0 radical (unpaired) electrons. The Morgan fingerprint density at radius 3 is 2.67 bits per heavy atom. The van der Waals surface area contributed by atoms with Crippen molar-refractivity contribution in [1.82, 2.24) is 14.8 Å². The van der Waals surface area contributed by atoms with Crippen LogP contribution in [-0.2, 0) is 17.8 Å². The lowest BCUT2D eigenvalue weighted by Gasteiger charge is -2.34. The van der Waals surface area contributed by atoms with E-state index in [4.69, 9.17) is 4.74 Å². The molecule has 2 heterocycles. The minimum atomic E-state index is 0.170. The number of hydrogen-bond donors (Lipinski definition) is 0. The van der Waals surface area contributed by atoms with Gasteiger partial charge in [-0.15, -0.1) is 11.3 Å². The maximum Gasteiger partial charge on any atom is 0.227 e. The molecule has 0 bridgehead atoms. The molecule has 1 saturated heterocycles. The van der Waals surface area contributed by atoms with Gasteiger partial charge in [-0.1, -0.05) is 18.2 Å². The number of piperazine rings is 1. The van der Waals surface area contributed by atoms with Gasteiger partial charge in [-0.3, -0.25) is 9.69 Å². The van der Waals surface area contributed by atoms with E-state index in [0.717, 1.165) is 54.7 Å². The first kappa shape index (κ1) is 16.9. The average Bonchev–Trinajstić information content (AvgIpc) is 3.01. The van der Waals surface area contributed by atoms with Crippen molar-refractivity contribution in [2.24, 2.45) is 0 Å². The molecule has 24 heavy (non-hydrogen) atoms. The summed E-state index contributed by atoms with van der Waals surface area (Å²) in [6.07, 6.45) is 0.398. The third-order valence-corrected chi connectivity index (χ3v) is 5.13. The number of aryl methyl sites for hydroxylation is 1. The molecule has 1 aliphatic heterocycles. The first-order valence-electron chi connectivity index (χ1n) is 8.18. The summed E-state index contributed by atoms with van der Waals surface area (Å²) in [5.74, 6) is 0.951. The van der Waals surface area contributed by atoms with Crippen molar-refractivity contribution in [2.75, 3.05) is 33.3 Å². The number of benzene rings is 1. The number of ether oxygens (including phenoxy) is 1. The standard InChI is InChI=1S/C18H23N3O2S/c1-14-19-16(13-24-14)12-20-7-9-21(10-8-20)18(22)11-15-5-3-4-6-17(15)23-2/h3-6,13H,7-12H2,1-2H3. The van der Waals surface area contributed by atoms with E-state index in [0.29, 0.717) is 6.42 Å². The van der Waals surface area contributed by atoms with Crippen LogP contribution in [0.1, 0.15) is 16.3 Å². The summed E-state index contributed by atoms with van der Waals surface area (Å²) < 4.78 is 5.33. The molecule has 0 atom stereocenters. The van der Waals surface area contributed by atoms with Crippen molar-refractivity contribution in [3.05, 3.63) is 45.9 Å². The van der Waals surface area contributed by atoms with Crippen LogP contribution in [0.15, 0.2) is 29.6 Å². The summed E-state index contributed by atoms with van der Waals surface area (Å²) in [7, 11) is 1.64. The second kappa shape index (κ2) is 7.77. The van der Waals surface area contributed by atoms with Crippen molar-refractivity contribution in [3.63, 3.8) is 0 Å². The number of hydrogen-bond acceptors (Lipinski definition) is 5. The number of para-hydroxylation sites is 1. The van der Waals surface area contributed by atoms with Crippen LogP contribution in [0.4, 0.5) is 0 Å². The van der Waals surface area contributed by atoms with Crippen LogP contribution < -0.4 is 4.74 Å². The van der Waals surface area contributed by atoms with E-state index in [2.05, 4.69) is 15.3 Å². The molecule has 1 aromatic carbocycles. The fourth-order valence-corrected chi connectivity index (χ4v) is 3.59. The zero-order chi connectivity index (χ0) is 16.9. The van der Waals surface area contributed by atoms with Crippen LogP contribution in [0.2, 0.25) is 0 Å². The number of aromatic nitrogens is 1. The number of carbonyl (C=O) groups is 1. The molecule has 0 unspecified atom stereocenters. The van der Waals surface area contributed by atoms with E-state index in [1.54, 1.807) is 18.4 Å². The van der Waals surface area contributed by atoms with Gasteiger partial charge in [0.25, 0.3) is 0 Å². The normalized spacial score (nSPS) is 15.5. The summed E-state index contributed by atoms with van der Waals surface area (Å²) in [6, 6.07) is 7.72.